The van der Waals surface area contributed by atoms with Crippen molar-refractivity contribution in [1.82, 2.24) is 15.0 Å². The Morgan fingerprint density at radius 2 is 1.61 bits per heavy atom. The molecule has 138 valence electrons. The average Bonchev–Trinajstić information content (AvgIpc) is 2.70. The molecule has 0 bridgehead atoms. The number of nitro groups is 1. The molecule has 0 amide bonds. The van der Waals surface area contributed by atoms with E-state index in [0.717, 1.165) is 8.96 Å². The van der Waals surface area contributed by atoms with Crippen LogP contribution in [0.5, 0.6) is 0 Å². The molecule has 4 rings (SSSR count). The summed E-state index contributed by atoms with van der Waals surface area (Å²) in [6, 6.07) is 16.8. The van der Waals surface area contributed by atoms with Gasteiger partial charge >= 0.3 is 5.69 Å². The minimum Gasteiger partial charge on any atom is -0.334 e. The van der Waals surface area contributed by atoms with Crippen LogP contribution < -0.4 is 10.6 Å². The lowest BCUT2D eigenvalue weighted by Gasteiger charge is -2.11. The van der Waals surface area contributed by atoms with Gasteiger partial charge in [-0.25, -0.2) is 9.97 Å². The van der Waals surface area contributed by atoms with Gasteiger partial charge in [0.1, 0.15) is 6.33 Å². The molecule has 8 nitrogen and oxygen atoms in total. The van der Waals surface area contributed by atoms with Crippen LogP contribution in [0.2, 0.25) is 0 Å². The quantitative estimate of drug-likeness (QED) is 0.233. The fourth-order valence-electron chi connectivity index (χ4n) is 2.74. The Labute approximate surface area is 173 Å². The van der Waals surface area contributed by atoms with Crippen molar-refractivity contribution < 1.29 is 4.92 Å². The molecule has 0 aliphatic heterocycles. The summed E-state index contributed by atoms with van der Waals surface area (Å²) in [6.45, 7) is 0. The van der Waals surface area contributed by atoms with Crippen molar-refractivity contribution in [2.24, 2.45) is 0 Å². The van der Waals surface area contributed by atoms with Crippen molar-refractivity contribution >= 4 is 62.2 Å². The number of fused-ring (bicyclic) bond motifs is 1. The maximum absolute atomic E-state index is 11.8. The molecular formula is C19H13IN6O2. The molecule has 9 heteroatoms. The topological polar surface area (TPSA) is 106 Å². The third-order valence-corrected chi connectivity index (χ3v) is 4.72. The first-order valence-corrected chi connectivity index (χ1v) is 9.32. The molecule has 2 heterocycles. The van der Waals surface area contributed by atoms with Crippen LogP contribution in [0.1, 0.15) is 0 Å². The standard InChI is InChI=1S/C19H13IN6O2/c20-13-6-8-14(9-7-13)24-18-17(26(27)28)19(23-11-22-18)25-15-5-1-3-12-4-2-10-21-16(12)15/h1-11H,(H2,22,23,24,25). The van der Waals surface area contributed by atoms with E-state index in [-0.39, 0.29) is 17.3 Å². The van der Waals surface area contributed by atoms with Gasteiger partial charge in [0.15, 0.2) is 0 Å². The van der Waals surface area contributed by atoms with Crippen molar-refractivity contribution in [1.29, 1.82) is 0 Å². The second-order valence-corrected chi connectivity index (χ2v) is 7.06. The summed E-state index contributed by atoms with van der Waals surface area (Å²) in [7, 11) is 0. The van der Waals surface area contributed by atoms with E-state index in [1.165, 1.54) is 6.33 Å². The van der Waals surface area contributed by atoms with E-state index in [1.54, 1.807) is 12.3 Å². The summed E-state index contributed by atoms with van der Waals surface area (Å²) >= 11 is 2.19. The van der Waals surface area contributed by atoms with Crippen molar-refractivity contribution in [2.75, 3.05) is 10.6 Å². The first-order valence-electron chi connectivity index (χ1n) is 8.24. The minimum absolute atomic E-state index is 0.0890. The Hall–Kier alpha value is -3.34. The summed E-state index contributed by atoms with van der Waals surface area (Å²) < 4.78 is 1.06. The molecule has 0 fully saturated rings. The van der Waals surface area contributed by atoms with E-state index in [1.807, 2.05) is 48.5 Å². The average molecular weight is 484 g/mol. The van der Waals surface area contributed by atoms with Gasteiger partial charge in [-0.2, -0.15) is 0 Å². The number of rotatable bonds is 5. The van der Waals surface area contributed by atoms with Crippen LogP contribution in [0, 0.1) is 13.7 Å². The van der Waals surface area contributed by atoms with E-state index in [2.05, 4.69) is 48.2 Å². The molecule has 0 atom stereocenters. The molecule has 4 aromatic rings. The highest BCUT2D eigenvalue weighted by molar-refractivity contribution is 14.1. The number of aromatic nitrogens is 3. The summed E-state index contributed by atoms with van der Waals surface area (Å²) in [5.74, 6) is 0.197. The molecule has 2 aromatic heterocycles. The van der Waals surface area contributed by atoms with Gasteiger partial charge < -0.3 is 10.6 Å². The van der Waals surface area contributed by atoms with E-state index < -0.39 is 4.92 Å². The van der Waals surface area contributed by atoms with E-state index in [0.29, 0.717) is 16.9 Å². The van der Waals surface area contributed by atoms with E-state index >= 15 is 0 Å². The lowest BCUT2D eigenvalue weighted by Crippen LogP contribution is -2.06. The normalized spacial score (nSPS) is 10.6. The second-order valence-electron chi connectivity index (χ2n) is 5.81. The van der Waals surface area contributed by atoms with Gasteiger partial charge in [0.25, 0.3) is 0 Å². The lowest BCUT2D eigenvalue weighted by molar-refractivity contribution is -0.383. The van der Waals surface area contributed by atoms with Crippen molar-refractivity contribution in [3.63, 3.8) is 0 Å². The van der Waals surface area contributed by atoms with Crippen LogP contribution in [0.15, 0.2) is 67.1 Å². The van der Waals surface area contributed by atoms with Crippen LogP contribution in [-0.2, 0) is 0 Å². The van der Waals surface area contributed by atoms with E-state index in [4.69, 9.17) is 0 Å². The number of nitrogens with one attached hydrogen (secondary N) is 2. The van der Waals surface area contributed by atoms with Crippen LogP contribution >= 0.6 is 22.6 Å². The molecule has 0 saturated carbocycles. The third kappa shape index (κ3) is 3.69. The zero-order chi connectivity index (χ0) is 19.5. The largest absolute Gasteiger partial charge is 0.353 e. The zero-order valence-corrected chi connectivity index (χ0v) is 16.5. The molecule has 0 aliphatic carbocycles. The first-order chi connectivity index (χ1) is 13.6. The summed E-state index contributed by atoms with van der Waals surface area (Å²) in [6.07, 6.45) is 2.95. The van der Waals surface area contributed by atoms with Gasteiger partial charge in [-0.1, -0.05) is 18.2 Å². The first kappa shape index (κ1) is 18.0. The maximum atomic E-state index is 11.8. The summed E-state index contributed by atoms with van der Waals surface area (Å²) in [4.78, 5) is 23.8. The molecule has 0 spiro atoms. The van der Waals surface area contributed by atoms with Crippen LogP contribution in [-0.4, -0.2) is 19.9 Å². The number of nitrogens with zero attached hydrogens (tertiary/aromatic N) is 4. The van der Waals surface area contributed by atoms with E-state index in [9.17, 15) is 10.1 Å². The number of benzene rings is 2. The monoisotopic (exact) mass is 484 g/mol. The number of hydrogen-bond donors (Lipinski definition) is 2. The molecule has 0 saturated heterocycles. The van der Waals surface area contributed by atoms with Crippen LogP contribution in [0.3, 0.4) is 0 Å². The van der Waals surface area contributed by atoms with Gasteiger partial charge in [-0.3, -0.25) is 15.1 Å². The Balaban J connectivity index is 1.74. The lowest BCUT2D eigenvalue weighted by atomic mass is 10.2. The number of hydrogen-bond acceptors (Lipinski definition) is 7. The Kier molecular flexibility index (Phi) is 4.98. The highest BCUT2D eigenvalue weighted by Crippen LogP contribution is 2.34. The molecular weight excluding hydrogens is 471 g/mol. The second kappa shape index (κ2) is 7.72. The molecule has 0 aliphatic rings. The predicted molar refractivity (Wildman–Crippen MR) is 116 cm³/mol. The third-order valence-electron chi connectivity index (χ3n) is 4.00. The predicted octanol–water partition coefficient (Wildman–Crippen LogP) is 5.02. The Morgan fingerprint density at radius 1 is 0.893 bits per heavy atom. The highest BCUT2D eigenvalue weighted by Gasteiger charge is 2.24. The van der Waals surface area contributed by atoms with Gasteiger partial charge in [-0.05, 0) is 59.0 Å². The molecule has 28 heavy (non-hydrogen) atoms. The highest BCUT2D eigenvalue weighted by atomic mass is 127. The van der Waals surface area contributed by atoms with Crippen molar-refractivity contribution in [3.8, 4) is 0 Å². The number of halogens is 1. The Morgan fingerprint density at radius 3 is 2.36 bits per heavy atom. The van der Waals surface area contributed by atoms with Crippen LogP contribution in [0.25, 0.3) is 10.9 Å². The van der Waals surface area contributed by atoms with Gasteiger partial charge in [0.2, 0.25) is 11.6 Å². The fourth-order valence-corrected chi connectivity index (χ4v) is 3.10. The minimum atomic E-state index is -0.504. The number of pyridine rings is 1. The molecule has 0 radical (unpaired) electrons. The SMILES string of the molecule is O=[N+]([O-])c1c(Nc2ccc(I)cc2)ncnc1Nc1cccc2cccnc12. The van der Waals surface area contributed by atoms with Gasteiger partial charge in [-0.15, -0.1) is 0 Å². The smallest absolute Gasteiger partial charge is 0.334 e. The molecule has 2 aromatic carbocycles. The van der Waals surface area contributed by atoms with Crippen molar-refractivity contribution in [2.45, 2.75) is 0 Å². The van der Waals surface area contributed by atoms with Crippen LogP contribution in [0.4, 0.5) is 28.7 Å². The number of para-hydroxylation sites is 1. The maximum Gasteiger partial charge on any atom is 0.353 e. The number of anilines is 4. The fraction of sp³-hybridized carbons (Fsp3) is 0. The summed E-state index contributed by atoms with van der Waals surface area (Å²) in [5, 5.41) is 18.7. The molecule has 2 N–H and O–H groups in total. The van der Waals surface area contributed by atoms with Gasteiger partial charge in [0.05, 0.1) is 16.1 Å². The Bertz CT molecular complexity index is 1160. The van der Waals surface area contributed by atoms with Crippen molar-refractivity contribution in [3.05, 3.63) is 80.8 Å². The molecule has 0 unspecified atom stereocenters. The van der Waals surface area contributed by atoms with Gasteiger partial charge in [0, 0.05) is 20.8 Å². The zero-order valence-electron chi connectivity index (χ0n) is 14.3. The summed E-state index contributed by atoms with van der Waals surface area (Å²) in [5.41, 5.74) is 1.78.